The van der Waals surface area contributed by atoms with Gasteiger partial charge in [0.1, 0.15) is 5.75 Å². The Morgan fingerprint density at radius 2 is 2.09 bits per heavy atom. The van der Waals surface area contributed by atoms with Crippen molar-refractivity contribution in [3.63, 3.8) is 0 Å². The first-order valence-corrected chi connectivity index (χ1v) is 8.89. The number of ether oxygens (including phenoxy) is 1. The summed E-state index contributed by atoms with van der Waals surface area (Å²) in [6.45, 7) is 2.58. The number of nitrogens with zero attached hydrogens (tertiary/aromatic N) is 1. The molecule has 1 aromatic carbocycles. The Balaban J connectivity index is 1.52. The number of hydrogen-bond donors (Lipinski definition) is 1. The molecule has 4 nitrogen and oxygen atoms in total. The van der Waals surface area contributed by atoms with E-state index in [2.05, 4.69) is 10.2 Å². The molecule has 0 radical (unpaired) electrons. The second kappa shape index (κ2) is 7.54. The number of benzene rings is 1. The van der Waals surface area contributed by atoms with Crippen molar-refractivity contribution >= 4 is 23.2 Å². The van der Waals surface area contributed by atoms with Crippen LogP contribution in [-0.4, -0.2) is 37.6 Å². The minimum atomic E-state index is 0.0282. The highest BCUT2D eigenvalue weighted by Crippen LogP contribution is 2.36. The van der Waals surface area contributed by atoms with Gasteiger partial charge in [0.15, 0.2) is 0 Å². The van der Waals surface area contributed by atoms with Crippen molar-refractivity contribution in [2.45, 2.75) is 32.1 Å². The van der Waals surface area contributed by atoms with Crippen LogP contribution in [0.3, 0.4) is 0 Å². The molecule has 2 aliphatic rings. The normalized spacial score (nSPS) is 24.8. The summed E-state index contributed by atoms with van der Waals surface area (Å²) in [5.41, 5.74) is 0.716. The molecule has 1 saturated carbocycles. The largest absolute Gasteiger partial charge is 0.495 e. The van der Waals surface area contributed by atoms with Crippen molar-refractivity contribution in [1.29, 1.82) is 0 Å². The van der Waals surface area contributed by atoms with Gasteiger partial charge in [0.05, 0.1) is 18.7 Å². The maximum Gasteiger partial charge on any atom is 0.238 e. The number of likely N-dealkylation sites (tertiary alicyclic amines) is 1. The Morgan fingerprint density at radius 3 is 2.83 bits per heavy atom. The van der Waals surface area contributed by atoms with Crippen molar-refractivity contribution < 1.29 is 9.53 Å². The van der Waals surface area contributed by atoms with Gasteiger partial charge in [0.25, 0.3) is 0 Å². The van der Waals surface area contributed by atoms with Gasteiger partial charge in [0.2, 0.25) is 5.91 Å². The predicted octanol–water partition coefficient (Wildman–Crippen LogP) is 3.80. The van der Waals surface area contributed by atoms with Gasteiger partial charge in [-0.25, -0.2) is 0 Å². The van der Waals surface area contributed by atoms with Crippen LogP contribution >= 0.6 is 11.6 Å². The van der Waals surface area contributed by atoms with Gasteiger partial charge in [0, 0.05) is 12.2 Å². The van der Waals surface area contributed by atoms with Crippen molar-refractivity contribution in [2.75, 3.05) is 32.1 Å². The molecule has 0 aromatic heterocycles. The Kier molecular flexibility index (Phi) is 5.44. The lowest BCUT2D eigenvalue weighted by atomic mass is 9.75. The van der Waals surface area contributed by atoms with Gasteiger partial charge < -0.3 is 10.1 Å². The van der Waals surface area contributed by atoms with Gasteiger partial charge in [-0.05, 0) is 49.4 Å². The highest BCUT2D eigenvalue weighted by atomic mass is 35.5. The zero-order chi connectivity index (χ0) is 16.2. The Morgan fingerprint density at radius 1 is 1.30 bits per heavy atom. The number of methoxy groups -OCH3 is 1. The fourth-order valence-corrected chi connectivity index (χ4v) is 4.23. The molecule has 126 valence electrons. The molecule has 0 bridgehead atoms. The summed E-state index contributed by atoms with van der Waals surface area (Å²) >= 11 is 6.09. The summed E-state index contributed by atoms with van der Waals surface area (Å²) in [6.07, 6.45) is 6.70. The lowest BCUT2D eigenvalue weighted by Gasteiger charge is -2.41. The summed E-state index contributed by atoms with van der Waals surface area (Å²) < 4.78 is 5.12. The number of hydrogen-bond acceptors (Lipinski definition) is 3. The number of anilines is 1. The molecule has 1 aliphatic heterocycles. The van der Waals surface area contributed by atoms with Gasteiger partial charge in [-0.2, -0.15) is 0 Å². The molecule has 2 atom stereocenters. The van der Waals surface area contributed by atoms with Crippen molar-refractivity contribution in [3.05, 3.63) is 23.2 Å². The average molecular weight is 337 g/mol. The van der Waals surface area contributed by atoms with E-state index in [1.807, 2.05) is 6.07 Å². The second-order valence-electron chi connectivity index (χ2n) is 6.73. The molecule has 0 spiro atoms. The monoisotopic (exact) mass is 336 g/mol. The summed E-state index contributed by atoms with van der Waals surface area (Å²) in [7, 11) is 1.58. The highest BCUT2D eigenvalue weighted by Gasteiger charge is 2.31. The Hall–Kier alpha value is -1.26. The van der Waals surface area contributed by atoms with E-state index < -0.39 is 0 Å². The fourth-order valence-electron chi connectivity index (χ4n) is 3.97. The average Bonchev–Trinajstić information content (AvgIpc) is 2.55. The maximum atomic E-state index is 12.3. The fraction of sp³-hybridized carbons (Fsp3) is 0.611. The van der Waals surface area contributed by atoms with Crippen LogP contribution in [0.2, 0.25) is 5.02 Å². The molecule has 0 unspecified atom stereocenters. The molecular formula is C18H25ClN2O2. The molecule has 1 aromatic rings. The van der Waals surface area contributed by atoms with Crippen LogP contribution in [0.1, 0.15) is 32.1 Å². The third-order valence-electron chi connectivity index (χ3n) is 5.18. The first-order chi connectivity index (χ1) is 11.2. The molecule has 1 heterocycles. The van der Waals surface area contributed by atoms with E-state index in [9.17, 15) is 4.79 Å². The molecule has 3 rings (SSSR count). The summed E-state index contributed by atoms with van der Waals surface area (Å²) in [5.74, 6) is 2.33. The van der Waals surface area contributed by atoms with Crippen LogP contribution < -0.4 is 10.1 Å². The van der Waals surface area contributed by atoms with E-state index in [1.54, 1.807) is 19.2 Å². The molecule has 5 heteroatoms. The summed E-state index contributed by atoms with van der Waals surface area (Å²) in [5, 5.41) is 3.44. The third kappa shape index (κ3) is 4.18. The van der Waals surface area contributed by atoms with Crippen LogP contribution in [0, 0.1) is 11.8 Å². The number of piperidine rings is 1. The first-order valence-electron chi connectivity index (χ1n) is 8.51. The van der Waals surface area contributed by atoms with Crippen LogP contribution in [0.5, 0.6) is 5.75 Å². The molecule has 1 aliphatic carbocycles. The molecule has 1 amide bonds. The zero-order valence-electron chi connectivity index (χ0n) is 13.7. The van der Waals surface area contributed by atoms with Crippen LogP contribution in [-0.2, 0) is 4.79 Å². The number of carbonyl (C=O) groups is 1. The smallest absolute Gasteiger partial charge is 0.238 e. The first kappa shape index (κ1) is 16.6. The van der Waals surface area contributed by atoms with Crippen molar-refractivity contribution in [2.24, 2.45) is 11.8 Å². The summed E-state index contributed by atoms with van der Waals surface area (Å²) in [4.78, 5) is 14.6. The van der Waals surface area contributed by atoms with Crippen molar-refractivity contribution in [3.8, 4) is 5.75 Å². The van der Waals surface area contributed by atoms with E-state index >= 15 is 0 Å². The molecule has 2 fully saturated rings. The zero-order valence-corrected chi connectivity index (χ0v) is 14.4. The van der Waals surface area contributed by atoms with E-state index in [0.29, 0.717) is 23.0 Å². The Labute approximate surface area is 143 Å². The lowest BCUT2D eigenvalue weighted by Crippen LogP contribution is -2.44. The SMILES string of the molecule is COc1ccc(NC(=O)CN2CC[C@H]3CCCC[C@@H]3C2)cc1Cl. The van der Waals surface area contributed by atoms with E-state index in [0.717, 1.165) is 24.9 Å². The minimum absolute atomic E-state index is 0.0282. The van der Waals surface area contributed by atoms with Crippen LogP contribution in [0.15, 0.2) is 18.2 Å². The van der Waals surface area contributed by atoms with Gasteiger partial charge in [-0.1, -0.05) is 30.9 Å². The molecular weight excluding hydrogens is 312 g/mol. The number of rotatable bonds is 4. The number of halogens is 1. The summed E-state index contributed by atoms with van der Waals surface area (Å²) in [6, 6.07) is 5.31. The minimum Gasteiger partial charge on any atom is -0.495 e. The Bertz CT molecular complexity index is 564. The number of nitrogens with one attached hydrogen (secondary N) is 1. The highest BCUT2D eigenvalue weighted by molar-refractivity contribution is 6.32. The predicted molar refractivity (Wildman–Crippen MR) is 93.1 cm³/mol. The topological polar surface area (TPSA) is 41.6 Å². The number of fused-ring (bicyclic) bond motifs is 1. The van der Waals surface area contributed by atoms with Gasteiger partial charge in [-0.15, -0.1) is 0 Å². The van der Waals surface area contributed by atoms with E-state index in [1.165, 1.54) is 32.1 Å². The number of amides is 1. The second-order valence-corrected chi connectivity index (χ2v) is 7.13. The molecule has 23 heavy (non-hydrogen) atoms. The molecule has 1 N–H and O–H groups in total. The standard InChI is InChI=1S/C18H25ClN2O2/c1-23-17-7-6-15(10-16(17)19)20-18(22)12-21-9-8-13-4-2-3-5-14(13)11-21/h6-7,10,13-14H,2-5,8-9,11-12H2,1H3,(H,20,22)/t13-,14-/m1/s1. The van der Waals surface area contributed by atoms with Gasteiger partial charge >= 0.3 is 0 Å². The number of carbonyl (C=O) groups excluding carboxylic acids is 1. The van der Waals surface area contributed by atoms with E-state index in [4.69, 9.17) is 16.3 Å². The maximum absolute atomic E-state index is 12.3. The van der Waals surface area contributed by atoms with Gasteiger partial charge in [-0.3, -0.25) is 9.69 Å². The van der Waals surface area contributed by atoms with E-state index in [-0.39, 0.29) is 5.91 Å². The van der Waals surface area contributed by atoms with Crippen molar-refractivity contribution in [1.82, 2.24) is 4.90 Å². The lowest BCUT2D eigenvalue weighted by molar-refractivity contribution is -0.118. The van der Waals surface area contributed by atoms with Crippen LogP contribution in [0.4, 0.5) is 5.69 Å². The third-order valence-corrected chi connectivity index (χ3v) is 5.47. The quantitative estimate of drug-likeness (QED) is 0.909. The van der Waals surface area contributed by atoms with Crippen LogP contribution in [0.25, 0.3) is 0 Å². The molecule has 1 saturated heterocycles.